The van der Waals surface area contributed by atoms with Crippen molar-refractivity contribution in [3.05, 3.63) is 0 Å². The molecule has 0 heterocycles. The molecule has 1 aliphatic rings. The van der Waals surface area contributed by atoms with Gasteiger partial charge >= 0.3 is 0 Å². The summed E-state index contributed by atoms with van der Waals surface area (Å²) in [6, 6.07) is 0.800. The molecule has 17 heavy (non-hydrogen) atoms. The van der Waals surface area contributed by atoms with Crippen molar-refractivity contribution >= 4 is 5.91 Å². The number of carbonyl (C=O) groups is 1. The minimum atomic E-state index is 0.128. The summed E-state index contributed by atoms with van der Waals surface area (Å²) in [5, 5.41) is 6.38. The Hall–Kier alpha value is -0.570. The van der Waals surface area contributed by atoms with Gasteiger partial charge in [0.2, 0.25) is 5.91 Å². The molecule has 0 aromatic carbocycles. The summed E-state index contributed by atoms with van der Waals surface area (Å²) < 4.78 is 0. The van der Waals surface area contributed by atoms with E-state index in [2.05, 4.69) is 31.4 Å². The number of carbonyl (C=O) groups excluding carboxylic acids is 1. The van der Waals surface area contributed by atoms with Crippen molar-refractivity contribution in [2.24, 2.45) is 5.41 Å². The quantitative estimate of drug-likeness (QED) is 0.775. The zero-order valence-electron chi connectivity index (χ0n) is 11.8. The number of nitrogens with one attached hydrogen (secondary N) is 2. The molecule has 0 aromatic rings. The number of rotatable bonds is 5. The zero-order chi connectivity index (χ0) is 12.9. The molecular formula is C14H28N2O. The molecule has 3 nitrogen and oxygen atoms in total. The molecule has 0 aromatic heterocycles. The van der Waals surface area contributed by atoms with Gasteiger partial charge in [-0.25, -0.2) is 0 Å². The summed E-state index contributed by atoms with van der Waals surface area (Å²) in [5.41, 5.74) is 0.434. The van der Waals surface area contributed by atoms with Gasteiger partial charge in [-0.15, -0.1) is 0 Å². The lowest BCUT2D eigenvalue weighted by Gasteiger charge is -2.35. The van der Waals surface area contributed by atoms with E-state index in [9.17, 15) is 4.79 Å². The van der Waals surface area contributed by atoms with Crippen LogP contribution in [0.25, 0.3) is 0 Å². The number of hydrogen-bond acceptors (Lipinski definition) is 2. The highest BCUT2D eigenvalue weighted by molar-refractivity contribution is 5.78. The summed E-state index contributed by atoms with van der Waals surface area (Å²) >= 11 is 0. The number of hydrogen-bond donors (Lipinski definition) is 2. The average Bonchev–Trinajstić information content (AvgIpc) is 2.25. The minimum absolute atomic E-state index is 0.128. The van der Waals surface area contributed by atoms with Gasteiger partial charge in [0.15, 0.2) is 0 Å². The van der Waals surface area contributed by atoms with Crippen LogP contribution in [0, 0.1) is 5.41 Å². The largest absolute Gasteiger partial charge is 0.353 e. The second kappa shape index (κ2) is 6.39. The highest BCUT2D eigenvalue weighted by Gasteiger charge is 2.27. The SMILES string of the molecule is CCC(C)NC(=O)CNC1CCCC(C)(C)C1. The molecule has 0 aliphatic heterocycles. The third kappa shape index (κ3) is 5.53. The standard InChI is InChI=1S/C14H28N2O/c1-5-11(2)16-13(17)10-15-12-7-6-8-14(3,4)9-12/h11-12,15H,5-10H2,1-4H3,(H,16,17). The van der Waals surface area contributed by atoms with Crippen LogP contribution in [-0.4, -0.2) is 24.5 Å². The molecule has 1 aliphatic carbocycles. The summed E-state index contributed by atoms with van der Waals surface area (Å²) in [6.07, 6.45) is 5.97. The molecule has 0 bridgehead atoms. The molecule has 3 heteroatoms. The van der Waals surface area contributed by atoms with Crippen LogP contribution in [0.3, 0.4) is 0 Å². The van der Waals surface area contributed by atoms with Gasteiger partial charge in [0.1, 0.15) is 0 Å². The van der Waals surface area contributed by atoms with Gasteiger partial charge in [-0.05, 0) is 38.0 Å². The van der Waals surface area contributed by atoms with Crippen molar-refractivity contribution in [2.75, 3.05) is 6.54 Å². The predicted octanol–water partition coefficient (Wildman–Crippen LogP) is 2.46. The zero-order valence-corrected chi connectivity index (χ0v) is 11.8. The van der Waals surface area contributed by atoms with Crippen LogP contribution in [0.5, 0.6) is 0 Å². The second-order valence-electron chi connectivity index (χ2n) is 6.22. The fourth-order valence-electron chi connectivity index (χ4n) is 2.54. The fraction of sp³-hybridized carbons (Fsp3) is 0.929. The van der Waals surface area contributed by atoms with Crippen molar-refractivity contribution in [1.29, 1.82) is 0 Å². The van der Waals surface area contributed by atoms with Crippen LogP contribution in [0.4, 0.5) is 0 Å². The van der Waals surface area contributed by atoms with E-state index < -0.39 is 0 Å². The molecule has 2 N–H and O–H groups in total. The maximum atomic E-state index is 11.6. The first kappa shape index (κ1) is 14.5. The average molecular weight is 240 g/mol. The van der Waals surface area contributed by atoms with Crippen LogP contribution < -0.4 is 10.6 Å². The molecule has 2 atom stereocenters. The van der Waals surface area contributed by atoms with Crippen LogP contribution in [0.15, 0.2) is 0 Å². The molecule has 1 fully saturated rings. The topological polar surface area (TPSA) is 41.1 Å². The van der Waals surface area contributed by atoms with Crippen LogP contribution in [0.2, 0.25) is 0 Å². The van der Waals surface area contributed by atoms with Gasteiger partial charge in [-0.2, -0.15) is 0 Å². The van der Waals surface area contributed by atoms with Gasteiger partial charge in [0.05, 0.1) is 6.54 Å². The molecule has 0 spiro atoms. The van der Waals surface area contributed by atoms with Crippen molar-refractivity contribution in [3.8, 4) is 0 Å². The Morgan fingerprint density at radius 2 is 2.18 bits per heavy atom. The van der Waals surface area contributed by atoms with E-state index in [0.717, 1.165) is 6.42 Å². The van der Waals surface area contributed by atoms with Gasteiger partial charge in [0, 0.05) is 12.1 Å². The third-order valence-corrected chi connectivity index (χ3v) is 3.78. The van der Waals surface area contributed by atoms with Crippen LogP contribution in [0.1, 0.15) is 59.8 Å². The molecule has 1 saturated carbocycles. The normalized spacial score (nSPS) is 25.3. The lowest BCUT2D eigenvalue weighted by Crippen LogP contribution is -2.44. The minimum Gasteiger partial charge on any atom is -0.353 e. The lowest BCUT2D eigenvalue weighted by atomic mass is 9.75. The molecule has 2 unspecified atom stereocenters. The first-order valence-corrected chi connectivity index (χ1v) is 6.95. The Labute approximate surface area is 106 Å². The van der Waals surface area contributed by atoms with E-state index in [-0.39, 0.29) is 11.9 Å². The smallest absolute Gasteiger partial charge is 0.234 e. The Morgan fingerprint density at radius 1 is 1.47 bits per heavy atom. The van der Waals surface area contributed by atoms with Crippen molar-refractivity contribution in [1.82, 2.24) is 10.6 Å². The van der Waals surface area contributed by atoms with Crippen LogP contribution >= 0.6 is 0 Å². The van der Waals surface area contributed by atoms with Crippen molar-refractivity contribution in [2.45, 2.75) is 71.9 Å². The maximum absolute atomic E-state index is 11.6. The van der Waals surface area contributed by atoms with Crippen LogP contribution in [-0.2, 0) is 4.79 Å². The summed E-state index contributed by atoms with van der Waals surface area (Å²) in [7, 11) is 0. The molecule has 0 radical (unpaired) electrons. The van der Waals surface area contributed by atoms with E-state index in [4.69, 9.17) is 0 Å². The molecule has 1 amide bonds. The third-order valence-electron chi connectivity index (χ3n) is 3.78. The first-order valence-electron chi connectivity index (χ1n) is 6.95. The molecule has 100 valence electrons. The van der Waals surface area contributed by atoms with Gasteiger partial charge < -0.3 is 10.6 Å². The second-order valence-corrected chi connectivity index (χ2v) is 6.22. The predicted molar refractivity (Wildman–Crippen MR) is 71.9 cm³/mol. The Balaban J connectivity index is 2.24. The summed E-state index contributed by atoms with van der Waals surface area (Å²) in [6.45, 7) is 9.23. The Morgan fingerprint density at radius 3 is 2.76 bits per heavy atom. The lowest BCUT2D eigenvalue weighted by molar-refractivity contribution is -0.121. The van der Waals surface area contributed by atoms with Crippen molar-refractivity contribution < 1.29 is 4.79 Å². The van der Waals surface area contributed by atoms with E-state index >= 15 is 0 Å². The van der Waals surface area contributed by atoms with E-state index in [1.807, 2.05) is 6.92 Å². The van der Waals surface area contributed by atoms with Gasteiger partial charge in [-0.1, -0.05) is 27.2 Å². The van der Waals surface area contributed by atoms with E-state index in [1.165, 1.54) is 25.7 Å². The monoisotopic (exact) mass is 240 g/mol. The Kier molecular flexibility index (Phi) is 5.44. The molecular weight excluding hydrogens is 212 g/mol. The molecule has 1 rings (SSSR count). The fourth-order valence-corrected chi connectivity index (χ4v) is 2.54. The summed E-state index contributed by atoms with van der Waals surface area (Å²) in [5.74, 6) is 0.128. The highest BCUT2D eigenvalue weighted by atomic mass is 16.1. The van der Waals surface area contributed by atoms with Gasteiger partial charge in [-0.3, -0.25) is 4.79 Å². The Bertz CT molecular complexity index is 251. The summed E-state index contributed by atoms with van der Waals surface area (Å²) in [4.78, 5) is 11.6. The first-order chi connectivity index (χ1) is 7.93. The van der Waals surface area contributed by atoms with Gasteiger partial charge in [0.25, 0.3) is 0 Å². The molecule has 0 saturated heterocycles. The maximum Gasteiger partial charge on any atom is 0.234 e. The number of amides is 1. The van der Waals surface area contributed by atoms with Crippen molar-refractivity contribution in [3.63, 3.8) is 0 Å². The highest BCUT2D eigenvalue weighted by Crippen LogP contribution is 2.34. The van der Waals surface area contributed by atoms with E-state index in [0.29, 0.717) is 18.0 Å². The van der Waals surface area contributed by atoms with E-state index in [1.54, 1.807) is 0 Å².